The Balaban J connectivity index is 1.39. The Hall–Kier alpha value is -4.38. The van der Waals surface area contributed by atoms with E-state index in [0.29, 0.717) is 6.73 Å². The number of benzene rings is 4. The van der Waals surface area contributed by atoms with E-state index in [0.717, 1.165) is 33.4 Å². The third-order valence-electron chi connectivity index (χ3n) is 5.71. The molecule has 0 atom stereocenters. The minimum atomic E-state index is 0.383. The molecule has 154 valence electrons. The summed E-state index contributed by atoms with van der Waals surface area (Å²) in [4.78, 5) is 6.31. The van der Waals surface area contributed by atoms with Crippen molar-refractivity contribution in [3.63, 3.8) is 0 Å². The smallest absolute Gasteiger partial charge is 0.289 e. The van der Waals surface area contributed by atoms with Gasteiger partial charge in [0.1, 0.15) is 11.4 Å². The van der Waals surface area contributed by atoms with E-state index in [1.165, 1.54) is 0 Å². The molecule has 0 saturated heterocycles. The molecule has 0 aliphatic heterocycles. The lowest BCUT2D eigenvalue weighted by atomic mass is 10.3. The number of rotatable bonds is 5. The van der Waals surface area contributed by atoms with Gasteiger partial charge in [-0.05, 0) is 53.3 Å². The van der Waals surface area contributed by atoms with Crippen molar-refractivity contribution in [2.24, 2.45) is 0 Å². The molecule has 2 heterocycles. The fourth-order valence-corrected chi connectivity index (χ4v) is 4.18. The molecule has 32 heavy (non-hydrogen) atoms. The Morgan fingerprint density at radius 2 is 1.03 bits per heavy atom. The SMILES string of the molecule is c1ccc(-n2c[n+](CO[n+]3cn(-c4ccccc4)c4ccccc43)c3ccccc32)cc1. The molecule has 5 nitrogen and oxygen atoms in total. The van der Waals surface area contributed by atoms with E-state index in [4.69, 9.17) is 4.84 Å². The average Bonchev–Trinajstić information content (AvgIpc) is 3.43. The summed E-state index contributed by atoms with van der Waals surface area (Å²) in [6.45, 7) is 0.383. The quantitative estimate of drug-likeness (QED) is 0.385. The molecule has 0 unspecified atom stereocenters. The van der Waals surface area contributed by atoms with Crippen LogP contribution in [0, 0.1) is 0 Å². The topological polar surface area (TPSA) is 26.8 Å². The zero-order valence-corrected chi connectivity index (χ0v) is 17.5. The third kappa shape index (κ3) is 3.11. The number of imidazole rings is 2. The van der Waals surface area contributed by atoms with E-state index in [9.17, 15) is 0 Å². The summed E-state index contributed by atoms with van der Waals surface area (Å²) in [5.74, 6) is 0. The molecule has 0 saturated carbocycles. The summed E-state index contributed by atoms with van der Waals surface area (Å²) in [6.07, 6.45) is 4.09. The van der Waals surface area contributed by atoms with Gasteiger partial charge in [-0.3, -0.25) is 4.84 Å². The van der Waals surface area contributed by atoms with E-state index in [2.05, 4.69) is 92.8 Å². The molecule has 0 amide bonds. The second kappa shape index (κ2) is 7.71. The molecule has 0 N–H and O–H groups in total. The lowest BCUT2D eigenvalue weighted by Crippen LogP contribution is -2.49. The Morgan fingerprint density at radius 1 is 0.531 bits per heavy atom. The fourth-order valence-electron chi connectivity index (χ4n) is 4.18. The molecule has 0 spiro atoms. The number of aromatic nitrogens is 4. The standard InChI is InChI=1S/C27H22N4O/c1-3-11-22(12-4-1)29-19-28(24-15-7-8-16-25(24)29)21-32-31-20-30(23-13-5-2-6-14-23)26-17-9-10-18-27(26)31/h1-20H,21H2/q+2. The minimum absolute atomic E-state index is 0.383. The molecule has 0 bridgehead atoms. The van der Waals surface area contributed by atoms with Crippen LogP contribution in [0.3, 0.4) is 0 Å². The van der Waals surface area contributed by atoms with Gasteiger partial charge in [0.2, 0.25) is 5.52 Å². The zero-order chi connectivity index (χ0) is 21.3. The van der Waals surface area contributed by atoms with Gasteiger partial charge >= 0.3 is 0 Å². The van der Waals surface area contributed by atoms with Crippen molar-refractivity contribution < 1.29 is 14.1 Å². The maximum atomic E-state index is 6.31. The second-order valence-corrected chi connectivity index (χ2v) is 7.67. The van der Waals surface area contributed by atoms with Crippen molar-refractivity contribution in [2.75, 3.05) is 0 Å². The maximum Gasteiger partial charge on any atom is 0.290 e. The van der Waals surface area contributed by atoms with E-state index < -0.39 is 0 Å². The largest absolute Gasteiger partial charge is 0.290 e. The number of hydrogen-bond acceptors (Lipinski definition) is 1. The number of fused-ring (bicyclic) bond motifs is 2. The van der Waals surface area contributed by atoms with Gasteiger partial charge in [0.05, 0.1) is 0 Å². The second-order valence-electron chi connectivity index (χ2n) is 7.67. The first-order chi connectivity index (χ1) is 15.9. The molecule has 0 aliphatic carbocycles. The first-order valence-corrected chi connectivity index (χ1v) is 10.6. The molecule has 5 heteroatoms. The Bertz CT molecular complexity index is 1400. The molecule has 0 radical (unpaired) electrons. The predicted molar refractivity (Wildman–Crippen MR) is 124 cm³/mol. The number of para-hydroxylation sites is 6. The van der Waals surface area contributed by atoms with E-state index in [-0.39, 0.29) is 0 Å². The predicted octanol–water partition coefficient (Wildman–Crippen LogP) is 4.24. The van der Waals surface area contributed by atoms with Gasteiger partial charge < -0.3 is 0 Å². The van der Waals surface area contributed by atoms with Crippen molar-refractivity contribution >= 4 is 22.1 Å². The monoisotopic (exact) mass is 418 g/mol. The molecule has 0 aliphatic rings. The van der Waals surface area contributed by atoms with E-state index in [1.807, 2.05) is 47.5 Å². The summed E-state index contributed by atoms with van der Waals surface area (Å²) in [6, 6.07) is 37.3. The van der Waals surface area contributed by atoms with E-state index >= 15 is 0 Å². The molecular weight excluding hydrogens is 396 g/mol. The molecule has 2 aromatic heterocycles. The Morgan fingerprint density at radius 3 is 1.69 bits per heavy atom. The highest BCUT2D eigenvalue weighted by atomic mass is 16.7. The molecular formula is C27H22N4O+2. The number of hydrogen-bond donors (Lipinski definition) is 0. The van der Waals surface area contributed by atoms with Crippen LogP contribution >= 0.6 is 0 Å². The normalized spacial score (nSPS) is 11.2. The Kier molecular flexibility index (Phi) is 4.43. The lowest BCUT2D eigenvalue weighted by molar-refractivity contribution is -0.931. The van der Waals surface area contributed by atoms with Gasteiger partial charge in [0.25, 0.3) is 19.4 Å². The summed E-state index contributed by atoms with van der Waals surface area (Å²) in [5.41, 5.74) is 6.58. The van der Waals surface area contributed by atoms with Crippen LogP contribution in [-0.4, -0.2) is 9.13 Å². The fraction of sp³-hybridized carbons (Fsp3) is 0.0370. The minimum Gasteiger partial charge on any atom is -0.289 e. The lowest BCUT2D eigenvalue weighted by Gasteiger charge is -1.98. The molecule has 0 fully saturated rings. The summed E-state index contributed by atoms with van der Waals surface area (Å²) in [5, 5.41) is 0. The van der Waals surface area contributed by atoms with Crippen LogP contribution in [0.5, 0.6) is 0 Å². The third-order valence-corrected chi connectivity index (χ3v) is 5.71. The van der Waals surface area contributed by atoms with Crippen LogP contribution in [0.15, 0.2) is 122 Å². The van der Waals surface area contributed by atoms with Crippen LogP contribution in [0.2, 0.25) is 0 Å². The van der Waals surface area contributed by atoms with Crippen molar-refractivity contribution in [2.45, 2.75) is 6.73 Å². The van der Waals surface area contributed by atoms with Crippen molar-refractivity contribution in [3.8, 4) is 11.4 Å². The Labute approximate surface area is 185 Å². The first kappa shape index (κ1) is 18.4. The summed E-state index contributed by atoms with van der Waals surface area (Å²) < 4.78 is 8.32. The summed E-state index contributed by atoms with van der Waals surface area (Å²) >= 11 is 0. The maximum absolute atomic E-state index is 6.31. The van der Waals surface area contributed by atoms with Gasteiger partial charge in [0, 0.05) is 0 Å². The average molecular weight is 419 g/mol. The van der Waals surface area contributed by atoms with Crippen molar-refractivity contribution in [1.29, 1.82) is 0 Å². The van der Waals surface area contributed by atoms with Crippen LogP contribution < -0.4 is 14.1 Å². The van der Waals surface area contributed by atoms with Crippen LogP contribution in [0.1, 0.15) is 0 Å². The van der Waals surface area contributed by atoms with Gasteiger partial charge in [-0.2, -0.15) is 13.7 Å². The number of nitrogens with zero attached hydrogens (tertiary/aromatic N) is 4. The molecule has 6 aromatic rings. The molecule has 6 rings (SSSR count). The van der Waals surface area contributed by atoms with Crippen LogP contribution in [0.4, 0.5) is 0 Å². The van der Waals surface area contributed by atoms with E-state index in [1.54, 1.807) is 0 Å². The highest BCUT2D eigenvalue weighted by molar-refractivity contribution is 5.74. The highest BCUT2D eigenvalue weighted by Crippen LogP contribution is 2.18. The van der Waals surface area contributed by atoms with Crippen LogP contribution in [0.25, 0.3) is 33.4 Å². The van der Waals surface area contributed by atoms with Gasteiger partial charge in [-0.15, -0.1) is 0 Å². The summed E-state index contributed by atoms with van der Waals surface area (Å²) in [7, 11) is 0. The van der Waals surface area contributed by atoms with Gasteiger partial charge in [-0.1, -0.05) is 60.7 Å². The van der Waals surface area contributed by atoms with Crippen LogP contribution in [-0.2, 0) is 6.73 Å². The first-order valence-electron chi connectivity index (χ1n) is 10.6. The zero-order valence-electron chi connectivity index (χ0n) is 17.5. The highest BCUT2D eigenvalue weighted by Gasteiger charge is 2.21. The van der Waals surface area contributed by atoms with Crippen molar-refractivity contribution in [3.05, 3.63) is 122 Å². The van der Waals surface area contributed by atoms with Crippen molar-refractivity contribution in [1.82, 2.24) is 9.13 Å². The van der Waals surface area contributed by atoms with Gasteiger partial charge in [0.15, 0.2) is 16.6 Å². The van der Waals surface area contributed by atoms with Gasteiger partial charge in [-0.25, -0.2) is 0 Å². The molecule has 4 aromatic carbocycles.